The van der Waals surface area contributed by atoms with Gasteiger partial charge in [0.2, 0.25) is 10.0 Å². The zero-order valence-corrected chi connectivity index (χ0v) is 18.6. The number of carbonyl (C=O) groups is 1. The van der Waals surface area contributed by atoms with Gasteiger partial charge >= 0.3 is 0 Å². The van der Waals surface area contributed by atoms with Gasteiger partial charge in [0.25, 0.3) is 5.91 Å². The van der Waals surface area contributed by atoms with Gasteiger partial charge < -0.3 is 5.32 Å². The van der Waals surface area contributed by atoms with Crippen molar-refractivity contribution in [1.82, 2.24) is 14.5 Å². The highest BCUT2D eigenvalue weighted by atomic mass is 35.5. The van der Waals surface area contributed by atoms with Gasteiger partial charge in [0.05, 0.1) is 27.7 Å². The lowest BCUT2D eigenvalue weighted by Gasteiger charge is -2.12. The maximum atomic E-state index is 12.6. The number of benzene rings is 2. The minimum absolute atomic E-state index is 0.0911. The summed E-state index contributed by atoms with van der Waals surface area (Å²) in [6, 6.07) is 12.4. The minimum atomic E-state index is -3.62. The van der Waals surface area contributed by atoms with E-state index in [1.807, 2.05) is 6.07 Å². The van der Waals surface area contributed by atoms with Gasteiger partial charge in [-0.15, -0.1) is 0 Å². The van der Waals surface area contributed by atoms with Crippen LogP contribution in [0, 0.1) is 0 Å². The average Bonchev–Trinajstić information content (AvgIpc) is 3.11. The quantitative estimate of drug-likeness (QED) is 0.545. The van der Waals surface area contributed by atoms with Crippen LogP contribution in [0.25, 0.3) is 0 Å². The monoisotopic (exact) mass is 466 g/mol. The van der Waals surface area contributed by atoms with E-state index in [9.17, 15) is 13.2 Å². The molecule has 7 nitrogen and oxygen atoms in total. The van der Waals surface area contributed by atoms with Crippen molar-refractivity contribution < 1.29 is 13.2 Å². The summed E-state index contributed by atoms with van der Waals surface area (Å²) in [6.45, 7) is 3.79. The van der Waals surface area contributed by atoms with Crippen LogP contribution in [0.5, 0.6) is 0 Å². The molecular formula is C20H20Cl2N4O3S. The first-order valence-corrected chi connectivity index (χ1v) is 11.3. The number of anilines is 1. The van der Waals surface area contributed by atoms with Crippen molar-refractivity contribution in [2.75, 3.05) is 5.32 Å². The third-order valence-corrected chi connectivity index (χ3v) is 6.66. The Bertz CT molecular complexity index is 1160. The van der Waals surface area contributed by atoms with Gasteiger partial charge in [0.15, 0.2) is 0 Å². The lowest BCUT2D eigenvalue weighted by molar-refractivity contribution is 0.102. The molecule has 10 heteroatoms. The van der Waals surface area contributed by atoms with Gasteiger partial charge in [0.1, 0.15) is 5.82 Å². The number of nitrogens with zero attached hydrogens (tertiary/aromatic N) is 2. The normalized spacial score (nSPS) is 11.6. The number of amides is 1. The van der Waals surface area contributed by atoms with E-state index in [0.717, 1.165) is 5.56 Å². The Hall–Kier alpha value is -2.39. The molecular weight excluding hydrogens is 447 g/mol. The fraction of sp³-hybridized carbons (Fsp3) is 0.200. The second-order valence-corrected chi connectivity index (χ2v) is 9.34. The number of sulfonamides is 1. The molecule has 1 heterocycles. The van der Waals surface area contributed by atoms with Crippen molar-refractivity contribution in [2.24, 2.45) is 0 Å². The van der Waals surface area contributed by atoms with Crippen molar-refractivity contribution in [3.05, 3.63) is 75.9 Å². The van der Waals surface area contributed by atoms with Crippen molar-refractivity contribution in [2.45, 2.75) is 31.3 Å². The van der Waals surface area contributed by atoms with E-state index in [1.54, 1.807) is 42.9 Å². The number of nitrogens with one attached hydrogen (secondary N) is 2. The van der Waals surface area contributed by atoms with Gasteiger partial charge in [-0.2, -0.15) is 5.10 Å². The van der Waals surface area contributed by atoms with Crippen molar-refractivity contribution in [1.29, 1.82) is 0 Å². The molecule has 0 fully saturated rings. The highest BCUT2D eigenvalue weighted by Gasteiger charge is 2.17. The van der Waals surface area contributed by atoms with Crippen LogP contribution in [-0.2, 0) is 16.6 Å². The summed E-state index contributed by atoms with van der Waals surface area (Å²) >= 11 is 12.3. The van der Waals surface area contributed by atoms with Crippen LogP contribution >= 0.6 is 23.2 Å². The molecule has 2 aromatic carbocycles. The molecule has 0 spiro atoms. The van der Waals surface area contributed by atoms with Crippen molar-refractivity contribution in [3.8, 4) is 0 Å². The zero-order chi connectivity index (χ0) is 21.9. The maximum absolute atomic E-state index is 12.6. The molecule has 2 N–H and O–H groups in total. The summed E-state index contributed by atoms with van der Waals surface area (Å²) in [5.41, 5.74) is 1.07. The van der Waals surface area contributed by atoms with Crippen LogP contribution in [-0.4, -0.2) is 30.1 Å². The summed E-state index contributed by atoms with van der Waals surface area (Å²) in [5, 5.41) is 7.86. The molecule has 0 aliphatic carbocycles. The Morgan fingerprint density at radius 2 is 1.80 bits per heavy atom. The van der Waals surface area contributed by atoms with Crippen LogP contribution in [0.15, 0.2) is 59.6 Å². The first-order valence-electron chi connectivity index (χ1n) is 9.06. The van der Waals surface area contributed by atoms with Crippen molar-refractivity contribution >= 4 is 45.0 Å². The molecule has 0 atom stereocenters. The molecule has 158 valence electrons. The van der Waals surface area contributed by atoms with Gasteiger partial charge in [-0.3, -0.25) is 4.79 Å². The van der Waals surface area contributed by atoms with E-state index < -0.39 is 15.9 Å². The molecule has 0 aliphatic rings. The smallest absolute Gasteiger partial charge is 0.256 e. The fourth-order valence-electron chi connectivity index (χ4n) is 2.75. The minimum Gasteiger partial charge on any atom is -0.307 e. The molecule has 0 unspecified atom stereocenters. The first kappa shape index (κ1) is 22.3. The zero-order valence-electron chi connectivity index (χ0n) is 16.3. The summed E-state index contributed by atoms with van der Waals surface area (Å²) in [6.07, 6.45) is 1.56. The largest absolute Gasteiger partial charge is 0.307 e. The lowest BCUT2D eigenvalue weighted by atomic mass is 10.2. The summed E-state index contributed by atoms with van der Waals surface area (Å²) in [4.78, 5) is 12.7. The van der Waals surface area contributed by atoms with Gasteiger partial charge in [-0.1, -0.05) is 35.3 Å². The molecule has 1 aromatic heterocycles. The van der Waals surface area contributed by atoms with E-state index in [-0.39, 0.29) is 10.9 Å². The van der Waals surface area contributed by atoms with Crippen LogP contribution in [0.4, 0.5) is 5.82 Å². The molecule has 0 aliphatic heterocycles. The molecule has 0 radical (unpaired) electrons. The molecule has 0 saturated carbocycles. The van der Waals surface area contributed by atoms with E-state index in [0.29, 0.717) is 28.0 Å². The van der Waals surface area contributed by atoms with E-state index in [2.05, 4.69) is 15.1 Å². The predicted octanol–water partition coefficient (Wildman–Crippen LogP) is 4.18. The number of halogens is 2. The molecule has 0 saturated heterocycles. The van der Waals surface area contributed by atoms with Crippen LogP contribution in [0.1, 0.15) is 29.8 Å². The Morgan fingerprint density at radius 3 is 2.47 bits per heavy atom. The Balaban J connectivity index is 1.74. The Labute approximate surface area is 185 Å². The Kier molecular flexibility index (Phi) is 6.82. The summed E-state index contributed by atoms with van der Waals surface area (Å²) in [7, 11) is -3.62. The molecule has 1 amide bonds. The highest BCUT2D eigenvalue weighted by Crippen LogP contribution is 2.26. The number of carbonyl (C=O) groups excluding carboxylic acids is 1. The number of hydrogen-bond donors (Lipinski definition) is 2. The third-order valence-electron chi connectivity index (χ3n) is 4.13. The summed E-state index contributed by atoms with van der Waals surface area (Å²) < 4.78 is 28.5. The van der Waals surface area contributed by atoms with Crippen molar-refractivity contribution in [3.63, 3.8) is 0 Å². The Morgan fingerprint density at radius 1 is 1.10 bits per heavy atom. The number of hydrogen-bond acceptors (Lipinski definition) is 4. The van der Waals surface area contributed by atoms with Crippen LogP contribution in [0.3, 0.4) is 0 Å². The fourth-order valence-corrected chi connectivity index (χ4v) is 4.38. The summed E-state index contributed by atoms with van der Waals surface area (Å²) in [5.74, 6) is 0.0731. The van der Waals surface area contributed by atoms with E-state index >= 15 is 0 Å². The van der Waals surface area contributed by atoms with Gasteiger partial charge in [-0.05, 0) is 49.7 Å². The van der Waals surface area contributed by atoms with Gasteiger partial charge in [0, 0.05) is 17.7 Å². The molecule has 3 aromatic rings. The second kappa shape index (κ2) is 9.18. The van der Waals surface area contributed by atoms with Gasteiger partial charge in [-0.25, -0.2) is 17.8 Å². The van der Waals surface area contributed by atoms with Crippen LogP contribution in [0.2, 0.25) is 10.0 Å². The van der Waals surface area contributed by atoms with E-state index in [4.69, 9.17) is 23.2 Å². The maximum Gasteiger partial charge on any atom is 0.256 e. The third kappa shape index (κ3) is 5.20. The molecule has 30 heavy (non-hydrogen) atoms. The average molecular weight is 467 g/mol. The molecule has 0 bridgehead atoms. The first-order chi connectivity index (χ1) is 14.2. The number of rotatable bonds is 7. The standard InChI is InChI=1S/C20H20Cl2N4O3S/c1-13(2)25-30(28,29)16-8-6-14(7-9-16)20(27)24-18-10-11-23-26(18)12-15-4-3-5-17(21)19(15)22/h3-11,13,25H,12H2,1-2H3,(H,24,27). The lowest BCUT2D eigenvalue weighted by Crippen LogP contribution is -2.30. The SMILES string of the molecule is CC(C)NS(=O)(=O)c1ccc(C(=O)Nc2ccnn2Cc2cccc(Cl)c2Cl)cc1. The number of aromatic nitrogens is 2. The van der Waals surface area contributed by atoms with Crippen LogP contribution < -0.4 is 10.0 Å². The highest BCUT2D eigenvalue weighted by molar-refractivity contribution is 7.89. The van der Waals surface area contributed by atoms with E-state index in [1.165, 1.54) is 24.3 Å². The predicted molar refractivity (Wildman–Crippen MR) is 118 cm³/mol. The second-order valence-electron chi connectivity index (χ2n) is 6.84. The molecule has 3 rings (SSSR count). The topological polar surface area (TPSA) is 93.1 Å².